The molecule has 1 saturated heterocycles. The van der Waals surface area contributed by atoms with Crippen LogP contribution in [0.15, 0.2) is 73.3 Å². The monoisotopic (exact) mass is 361 g/mol. The Morgan fingerprint density at radius 3 is 2.04 bits per heavy atom. The maximum atomic E-state index is 10.1. The lowest BCUT2D eigenvalue weighted by molar-refractivity contribution is 0.0124. The summed E-state index contributed by atoms with van der Waals surface area (Å²) in [5.74, 6) is 0.328. The van der Waals surface area contributed by atoms with Gasteiger partial charge in [-0.2, -0.15) is 0 Å². The number of pyridine rings is 2. The highest BCUT2D eigenvalue weighted by molar-refractivity contribution is 5.38. The van der Waals surface area contributed by atoms with Crippen LogP contribution in [-0.4, -0.2) is 46.3 Å². The summed E-state index contributed by atoms with van der Waals surface area (Å²) in [7, 11) is 0. The van der Waals surface area contributed by atoms with Crippen LogP contribution in [-0.2, 0) is 4.74 Å². The fraction of sp³-hybridized carbons (Fsp3) is 0.273. The van der Waals surface area contributed by atoms with Crippen LogP contribution in [0.5, 0.6) is 5.75 Å². The number of morpholine rings is 1. The van der Waals surface area contributed by atoms with Gasteiger partial charge in [-0.1, -0.05) is 24.3 Å². The summed E-state index contributed by atoms with van der Waals surface area (Å²) >= 11 is 0. The Balaban J connectivity index is 1.85. The molecule has 0 spiro atoms. The number of hydrogen-bond donors (Lipinski definition) is 1. The highest BCUT2D eigenvalue weighted by atomic mass is 16.5. The lowest BCUT2D eigenvalue weighted by Gasteiger charge is -2.39. The number of phenolic OH excluding ortho intramolecular Hbond substituents is 1. The topological polar surface area (TPSA) is 58.5 Å². The van der Waals surface area contributed by atoms with Gasteiger partial charge in [0.1, 0.15) is 5.75 Å². The van der Waals surface area contributed by atoms with Crippen LogP contribution in [0.4, 0.5) is 0 Å². The van der Waals surface area contributed by atoms with Gasteiger partial charge < -0.3 is 9.84 Å². The van der Waals surface area contributed by atoms with E-state index in [9.17, 15) is 5.11 Å². The molecule has 1 atom stereocenters. The molecule has 0 amide bonds. The molecule has 138 valence electrons. The standard InChI is InChI=1S/C22H23N3O2/c26-20-7-1-4-17(14-20)22(25-10-12-27-13-11-25)21(18-5-2-8-23-15-18)19-6-3-9-24-16-19/h1-9,14-16,21-22,26H,10-13H2. The molecule has 3 aromatic rings. The third-order valence-electron chi connectivity index (χ3n) is 5.05. The SMILES string of the molecule is Oc1cccc(C(C(c2cccnc2)c2cccnc2)N2CCOCC2)c1. The first kappa shape index (κ1) is 17.6. The molecule has 5 heteroatoms. The molecule has 1 N–H and O–H groups in total. The predicted molar refractivity (Wildman–Crippen MR) is 104 cm³/mol. The Kier molecular flexibility index (Phi) is 5.42. The first-order valence-corrected chi connectivity index (χ1v) is 9.23. The number of rotatable bonds is 5. The van der Waals surface area contributed by atoms with Crippen molar-refractivity contribution < 1.29 is 9.84 Å². The van der Waals surface area contributed by atoms with E-state index in [0.29, 0.717) is 13.2 Å². The van der Waals surface area contributed by atoms with Crippen LogP contribution >= 0.6 is 0 Å². The van der Waals surface area contributed by atoms with Gasteiger partial charge in [-0.3, -0.25) is 14.9 Å². The second kappa shape index (κ2) is 8.29. The van der Waals surface area contributed by atoms with Crippen LogP contribution in [0.25, 0.3) is 0 Å². The highest BCUT2D eigenvalue weighted by Crippen LogP contribution is 2.41. The van der Waals surface area contributed by atoms with Gasteiger partial charge in [0, 0.05) is 49.8 Å². The highest BCUT2D eigenvalue weighted by Gasteiger charge is 2.33. The second-order valence-corrected chi connectivity index (χ2v) is 6.74. The van der Waals surface area contributed by atoms with Crippen molar-refractivity contribution in [3.8, 4) is 5.75 Å². The zero-order chi connectivity index (χ0) is 18.5. The Labute approximate surface area is 159 Å². The molecule has 1 aliphatic rings. The molecule has 2 aromatic heterocycles. The van der Waals surface area contributed by atoms with E-state index in [1.54, 1.807) is 18.5 Å². The molecule has 0 radical (unpaired) electrons. The van der Waals surface area contributed by atoms with Gasteiger partial charge in [-0.15, -0.1) is 0 Å². The molecule has 1 fully saturated rings. The van der Waals surface area contributed by atoms with E-state index in [1.807, 2.05) is 36.7 Å². The Morgan fingerprint density at radius 1 is 0.852 bits per heavy atom. The fourth-order valence-corrected chi connectivity index (χ4v) is 3.86. The number of phenols is 1. The van der Waals surface area contributed by atoms with Crippen molar-refractivity contribution >= 4 is 0 Å². The normalized spacial score (nSPS) is 16.3. The van der Waals surface area contributed by atoms with E-state index in [4.69, 9.17) is 4.74 Å². The number of aromatic nitrogens is 2. The fourth-order valence-electron chi connectivity index (χ4n) is 3.86. The zero-order valence-electron chi connectivity index (χ0n) is 15.1. The average Bonchev–Trinajstić information content (AvgIpc) is 2.74. The minimum atomic E-state index is 0.0484. The summed E-state index contributed by atoms with van der Waals surface area (Å²) in [5.41, 5.74) is 3.34. The third-order valence-corrected chi connectivity index (χ3v) is 5.05. The number of aromatic hydroxyl groups is 1. The molecule has 0 aliphatic carbocycles. The minimum absolute atomic E-state index is 0.0484. The molecular weight excluding hydrogens is 338 g/mol. The largest absolute Gasteiger partial charge is 0.508 e. The van der Waals surface area contributed by atoms with Gasteiger partial charge >= 0.3 is 0 Å². The van der Waals surface area contributed by atoms with Crippen molar-refractivity contribution in [2.75, 3.05) is 26.3 Å². The van der Waals surface area contributed by atoms with E-state index >= 15 is 0 Å². The number of ether oxygens (including phenoxy) is 1. The number of nitrogens with zero attached hydrogens (tertiary/aromatic N) is 3. The van der Waals surface area contributed by atoms with E-state index in [0.717, 1.165) is 29.8 Å². The van der Waals surface area contributed by atoms with Crippen LogP contribution < -0.4 is 0 Å². The maximum absolute atomic E-state index is 10.1. The Morgan fingerprint density at radius 2 is 1.48 bits per heavy atom. The van der Waals surface area contributed by atoms with E-state index in [-0.39, 0.29) is 17.7 Å². The van der Waals surface area contributed by atoms with Gasteiger partial charge in [0.2, 0.25) is 0 Å². The summed E-state index contributed by atoms with van der Waals surface area (Å²) in [6.07, 6.45) is 7.44. The van der Waals surface area contributed by atoms with Crippen LogP contribution in [0, 0.1) is 0 Å². The summed E-state index contributed by atoms with van der Waals surface area (Å²) in [5, 5.41) is 10.1. The Bertz CT molecular complexity index is 812. The summed E-state index contributed by atoms with van der Waals surface area (Å²) in [4.78, 5) is 11.1. The molecule has 1 aromatic carbocycles. The molecule has 1 aliphatic heterocycles. The minimum Gasteiger partial charge on any atom is -0.508 e. The molecule has 0 saturated carbocycles. The van der Waals surface area contributed by atoms with Gasteiger partial charge in [0.25, 0.3) is 0 Å². The lowest BCUT2D eigenvalue weighted by Crippen LogP contribution is -2.41. The first-order chi connectivity index (χ1) is 13.3. The summed E-state index contributed by atoms with van der Waals surface area (Å²) in [6.45, 7) is 3.11. The molecule has 27 heavy (non-hydrogen) atoms. The second-order valence-electron chi connectivity index (χ2n) is 6.74. The summed E-state index contributed by atoms with van der Waals surface area (Å²) < 4.78 is 5.58. The molecular formula is C22H23N3O2. The molecule has 5 nitrogen and oxygen atoms in total. The summed E-state index contributed by atoms with van der Waals surface area (Å²) in [6, 6.07) is 15.8. The maximum Gasteiger partial charge on any atom is 0.115 e. The smallest absolute Gasteiger partial charge is 0.115 e. The molecule has 0 bridgehead atoms. The van der Waals surface area contributed by atoms with E-state index in [2.05, 4.69) is 33.1 Å². The first-order valence-electron chi connectivity index (χ1n) is 9.23. The van der Waals surface area contributed by atoms with Crippen molar-refractivity contribution in [2.24, 2.45) is 0 Å². The van der Waals surface area contributed by atoms with Crippen LogP contribution in [0.2, 0.25) is 0 Å². The molecule has 4 rings (SSSR count). The van der Waals surface area contributed by atoms with Crippen LogP contribution in [0.1, 0.15) is 28.7 Å². The third kappa shape index (κ3) is 3.99. The Hall–Kier alpha value is -2.76. The average molecular weight is 361 g/mol. The lowest BCUT2D eigenvalue weighted by atomic mass is 9.82. The number of benzene rings is 1. The predicted octanol–water partition coefficient (Wildman–Crippen LogP) is 3.39. The van der Waals surface area contributed by atoms with Gasteiger partial charge in [0.15, 0.2) is 0 Å². The van der Waals surface area contributed by atoms with E-state index < -0.39 is 0 Å². The van der Waals surface area contributed by atoms with Crippen molar-refractivity contribution in [3.63, 3.8) is 0 Å². The van der Waals surface area contributed by atoms with Gasteiger partial charge in [-0.25, -0.2) is 0 Å². The van der Waals surface area contributed by atoms with Crippen molar-refractivity contribution in [3.05, 3.63) is 90.0 Å². The quantitative estimate of drug-likeness (QED) is 0.755. The van der Waals surface area contributed by atoms with Gasteiger partial charge in [-0.05, 0) is 41.0 Å². The van der Waals surface area contributed by atoms with Crippen molar-refractivity contribution in [1.29, 1.82) is 0 Å². The van der Waals surface area contributed by atoms with Crippen molar-refractivity contribution in [1.82, 2.24) is 14.9 Å². The molecule has 3 heterocycles. The zero-order valence-corrected chi connectivity index (χ0v) is 15.1. The number of hydrogen-bond acceptors (Lipinski definition) is 5. The van der Waals surface area contributed by atoms with Crippen LogP contribution in [0.3, 0.4) is 0 Å². The van der Waals surface area contributed by atoms with E-state index in [1.165, 1.54) is 0 Å². The van der Waals surface area contributed by atoms with Gasteiger partial charge in [0.05, 0.1) is 13.2 Å². The van der Waals surface area contributed by atoms with Crippen molar-refractivity contribution in [2.45, 2.75) is 12.0 Å². The molecule has 1 unspecified atom stereocenters.